The molecule has 1 aliphatic carbocycles. The number of aryl methyl sites for hydroxylation is 1. The van der Waals surface area contributed by atoms with Gasteiger partial charge in [0.25, 0.3) is 5.91 Å². The van der Waals surface area contributed by atoms with Crippen molar-refractivity contribution in [2.45, 2.75) is 64.1 Å². The molecule has 1 saturated heterocycles. The van der Waals surface area contributed by atoms with Crippen molar-refractivity contribution in [3.8, 4) is 11.5 Å². The van der Waals surface area contributed by atoms with Crippen molar-refractivity contribution in [2.75, 3.05) is 20.2 Å². The summed E-state index contributed by atoms with van der Waals surface area (Å²) in [7, 11) is 1.64. The average Bonchev–Trinajstić information content (AvgIpc) is 3.59. The molecule has 1 amide bonds. The van der Waals surface area contributed by atoms with Gasteiger partial charge in [-0.2, -0.15) is 0 Å². The van der Waals surface area contributed by atoms with E-state index in [0.717, 1.165) is 45.2 Å². The van der Waals surface area contributed by atoms with Crippen LogP contribution in [-0.4, -0.2) is 49.2 Å². The van der Waals surface area contributed by atoms with E-state index in [1.165, 1.54) is 11.1 Å². The molecule has 2 aliphatic rings. The first-order chi connectivity index (χ1) is 15.0. The summed E-state index contributed by atoms with van der Waals surface area (Å²) in [6.07, 6.45) is 5.22. The van der Waals surface area contributed by atoms with Crippen molar-refractivity contribution in [2.24, 2.45) is 0 Å². The molecule has 0 spiro atoms. The topological polar surface area (TPSA) is 50.8 Å². The number of methoxy groups -OCH3 is 1. The number of nitrogens with zero attached hydrogens (tertiary/aromatic N) is 1. The second kappa shape index (κ2) is 9.73. The van der Waals surface area contributed by atoms with Crippen molar-refractivity contribution < 1.29 is 14.3 Å². The first kappa shape index (κ1) is 21.7. The van der Waals surface area contributed by atoms with Gasteiger partial charge in [0.15, 0.2) is 0 Å². The number of nitrogens with one attached hydrogen (secondary N) is 1. The summed E-state index contributed by atoms with van der Waals surface area (Å²) in [5, 5.41) is 3.07. The number of ether oxygens (including phenoxy) is 2. The smallest absolute Gasteiger partial charge is 0.255 e. The highest BCUT2D eigenvalue weighted by Crippen LogP contribution is 2.29. The summed E-state index contributed by atoms with van der Waals surface area (Å²) in [5.74, 6) is 1.29. The van der Waals surface area contributed by atoms with E-state index in [4.69, 9.17) is 9.47 Å². The van der Waals surface area contributed by atoms with Gasteiger partial charge >= 0.3 is 0 Å². The van der Waals surface area contributed by atoms with Crippen LogP contribution in [0, 0.1) is 6.92 Å². The monoisotopic (exact) mass is 422 g/mol. The molecule has 31 heavy (non-hydrogen) atoms. The van der Waals surface area contributed by atoms with Gasteiger partial charge in [-0.05, 0) is 63.6 Å². The Kier molecular flexibility index (Phi) is 6.81. The molecule has 166 valence electrons. The summed E-state index contributed by atoms with van der Waals surface area (Å²) in [4.78, 5) is 15.2. The lowest BCUT2D eigenvalue weighted by molar-refractivity contribution is 0.0776. The molecule has 1 atom stereocenters. The minimum Gasteiger partial charge on any atom is -0.497 e. The molecule has 1 aliphatic heterocycles. The van der Waals surface area contributed by atoms with Crippen LogP contribution in [-0.2, 0) is 6.42 Å². The normalized spacial score (nSPS) is 18.4. The van der Waals surface area contributed by atoms with E-state index in [-0.39, 0.29) is 12.0 Å². The number of amides is 1. The van der Waals surface area contributed by atoms with Crippen LogP contribution in [0.15, 0.2) is 42.5 Å². The number of carbonyl (C=O) groups is 1. The lowest BCUT2D eigenvalue weighted by atomic mass is 10.0. The fourth-order valence-electron chi connectivity index (χ4n) is 4.21. The molecule has 2 aromatic carbocycles. The maximum Gasteiger partial charge on any atom is 0.255 e. The highest BCUT2D eigenvalue weighted by Gasteiger charge is 2.28. The summed E-state index contributed by atoms with van der Waals surface area (Å²) in [6, 6.07) is 15.1. The summed E-state index contributed by atoms with van der Waals surface area (Å²) in [5.41, 5.74) is 3.29. The van der Waals surface area contributed by atoms with Crippen LogP contribution in [0.3, 0.4) is 0 Å². The summed E-state index contributed by atoms with van der Waals surface area (Å²) in [6.45, 7) is 6.45. The Morgan fingerprint density at radius 1 is 1.10 bits per heavy atom. The van der Waals surface area contributed by atoms with Crippen LogP contribution < -0.4 is 14.8 Å². The minimum atomic E-state index is -0.0516. The second-order valence-corrected chi connectivity index (χ2v) is 9.00. The Morgan fingerprint density at radius 2 is 1.81 bits per heavy atom. The van der Waals surface area contributed by atoms with Crippen LogP contribution in [0.5, 0.6) is 11.5 Å². The Bertz CT molecular complexity index is 884. The number of hydrogen-bond donors (Lipinski definition) is 1. The highest BCUT2D eigenvalue weighted by molar-refractivity contribution is 5.97. The van der Waals surface area contributed by atoms with E-state index in [1.807, 2.05) is 18.2 Å². The molecule has 0 aromatic heterocycles. The molecular weight excluding hydrogens is 388 g/mol. The van der Waals surface area contributed by atoms with E-state index in [1.54, 1.807) is 7.11 Å². The van der Waals surface area contributed by atoms with Crippen LogP contribution in [0.25, 0.3) is 0 Å². The van der Waals surface area contributed by atoms with Gasteiger partial charge in [-0.15, -0.1) is 0 Å². The number of rotatable bonds is 8. The van der Waals surface area contributed by atoms with Gasteiger partial charge in [0.1, 0.15) is 17.6 Å². The fraction of sp³-hybridized carbons (Fsp3) is 0.500. The Labute approximate surface area is 185 Å². The molecule has 0 bridgehead atoms. The molecule has 0 unspecified atom stereocenters. The van der Waals surface area contributed by atoms with Crippen molar-refractivity contribution in [3.05, 3.63) is 59.2 Å². The van der Waals surface area contributed by atoms with Gasteiger partial charge in [0.05, 0.1) is 12.7 Å². The van der Waals surface area contributed by atoms with Gasteiger partial charge in [0.2, 0.25) is 0 Å². The van der Waals surface area contributed by atoms with Gasteiger partial charge in [0, 0.05) is 31.2 Å². The molecule has 5 nitrogen and oxygen atoms in total. The summed E-state index contributed by atoms with van der Waals surface area (Å²) < 4.78 is 11.7. The van der Waals surface area contributed by atoms with Crippen LogP contribution in [0.1, 0.15) is 54.1 Å². The molecule has 1 N–H and O–H groups in total. The van der Waals surface area contributed by atoms with E-state index < -0.39 is 0 Å². The molecule has 5 heteroatoms. The third kappa shape index (κ3) is 5.79. The van der Waals surface area contributed by atoms with E-state index in [9.17, 15) is 4.79 Å². The molecule has 2 fully saturated rings. The van der Waals surface area contributed by atoms with Crippen molar-refractivity contribution >= 4 is 5.91 Å². The van der Waals surface area contributed by atoms with E-state index in [2.05, 4.69) is 48.3 Å². The molecule has 0 radical (unpaired) electrons. The first-order valence-electron chi connectivity index (χ1n) is 11.5. The van der Waals surface area contributed by atoms with E-state index in [0.29, 0.717) is 29.1 Å². The lowest BCUT2D eigenvalue weighted by Crippen LogP contribution is -2.43. The van der Waals surface area contributed by atoms with Crippen molar-refractivity contribution in [1.29, 1.82) is 0 Å². The third-order valence-electron chi connectivity index (χ3n) is 6.39. The quantitative estimate of drug-likeness (QED) is 0.686. The van der Waals surface area contributed by atoms with Gasteiger partial charge < -0.3 is 19.7 Å². The van der Waals surface area contributed by atoms with Gasteiger partial charge in [-0.3, -0.25) is 4.79 Å². The lowest BCUT2D eigenvalue weighted by Gasteiger charge is -2.36. The maximum atomic E-state index is 12.7. The standard InChI is InChI=1S/C26H34N2O3/c1-18-4-6-20(7-5-18)16-19(2)28-14-12-22(13-15-28)31-25-17-23(30-3)10-11-24(25)26(29)27-21-8-9-21/h4-7,10-11,17,19,21-22H,8-9,12-16H2,1-3H3,(H,27,29)/t19-/m0/s1. The number of carbonyl (C=O) groups excluding carboxylic acids is 1. The molecule has 2 aromatic rings. The predicted molar refractivity (Wildman–Crippen MR) is 123 cm³/mol. The van der Waals surface area contributed by atoms with E-state index >= 15 is 0 Å². The molecule has 4 rings (SSSR count). The second-order valence-electron chi connectivity index (χ2n) is 9.00. The van der Waals surface area contributed by atoms with Gasteiger partial charge in [-0.1, -0.05) is 29.8 Å². The summed E-state index contributed by atoms with van der Waals surface area (Å²) >= 11 is 0. The fourth-order valence-corrected chi connectivity index (χ4v) is 4.21. The van der Waals surface area contributed by atoms with Crippen molar-refractivity contribution in [3.63, 3.8) is 0 Å². The number of likely N-dealkylation sites (tertiary alicyclic amines) is 1. The van der Waals surface area contributed by atoms with Crippen LogP contribution in [0.4, 0.5) is 0 Å². The zero-order valence-corrected chi connectivity index (χ0v) is 18.9. The Balaban J connectivity index is 1.34. The molecule has 1 saturated carbocycles. The predicted octanol–water partition coefficient (Wildman–Crippen LogP) is 4.37. The van der Waals surface area contributed by atoms with Crippen LogP contribution in [0.2, 0.25) is 0 Å². The third-order valence-corrected chi connectivity index (χ3v) is 6.39. The number of hydrogen-bond acceptors (Lipinski definition) is 4. The minimum absolute atomic E-state index is 0.0516. The number of piperidine rings is 1. The maximum absolute atomic E-state index is 12.7. The zero-order chi connectivity index (χ0) is 21.8. The average molecular weight is 423 g/mol. The molecule has 1 heterocycles. The molecular formula is C26H34N2O3. The van der Waals surface area contributed by atoms with Crippen molar-refractivity contribution in [1.82, 2.24) is 10.2 Å². The SMILES string of the molecule is COc1ccc(C(=O)NC2CC2)c(OC2CCN([C@@H](C)Cc3ccc(C)cc3)CC2)c1. The Morgan fingerprint density at radius 3 is 2.45 bits per heavy atom. The Hall–Kier alpha value is -2.53. The number of benzene rings is 2. The highest BCUT2D eigenvalue weighted by atomic mass is 16.5. The largest absolute Gasteiger partial charge is 0.497 e. The van der Waals surface area contributed by atoms with Crippen LogP contribution >= 0.6 is 0 Å². The first-order valence-corrected chi connectivity index (χ1v) is 11.5. The zero-order valence-electron chi connectivity index (χ0n) is 18.9. The van der Waals surface area contributed by atoms with Gasteiger partial charge in [-0.25, -0.2) is 0 Å².